The van der Waals surface area contributed by atoms with Gasteiger partial charge < -0.3 is 19.0 Å². The van der Waals surface area contributed by atoms with Gasteiger partial charge in [0.15, 0.2) is 0 Å². The Morgan fingerprint density at radius 1 is 1.12 bits per heavy atom. The lowest BCUT2D eigenvalue weighted by molar-refractivity contribution is 0.00578. The SMILES string of the molecule is CC1(C)OB(c2ccc3ccn(C4(CO)CCC4)c(=O)c3c2)OC1(C)C. The summed E-state index contributed by atoms with van der Waals surface area (Å²) in [6.45, 7) is 8.06. The molecule has 0 spiro atoms. The zero-order valence-electron chi connectivity index (χ0n) is 15.9. The number of aromatic nitrogens is 1. The maximum Gasteiger partial charge on any atom is 0.494 e. The molecule has 1 aromatic carbocycles. The fourth-order valence-corrected chi connectivity index (χ4v) is 3.82. The Morgan fingerprint density at radius 2 is 1.77 bits per heavy atom. The van der Waals surface area contributed by atoms with Gasteiger partial charge in [0, 0.05) is 11.6 Å². The summed E-state index contributed by atoms with van der Waals surface area (Å²) in [5.74, 6) is 0. The van der Waals surface area contributed by atoms with Crippen LogP contribution in [0.4, 0.5) is 0 Å². The van der Waals surface area contributed by atoms with Crippen molar-refractivity contribution in [2.24, 2.45) is 0 Å². The van der Waals surface area contributed by atoms with Crippen LogP contribution >= 0.6 is 0 Å². The first-order valence-electron chi connectivity index (χ1n) is 9.31. The van der Waals surface area contributed by atoms with Crippen molar-refractivity contribution in [2.45, 2.75) is 63.7 Å². The monoisotopic (exact) mass is 355 g/mol. The highest BCUT2D eigenvalue weighted by molar-refractivity contribution is 6.62. The standard InChI is InChI=1S/C20H26BNO4/c1-18(2)19(3,4)26-21(25-18)15-7-6-14-8-11-22(17(24)16(14)12-15)20(13-23)9-5-10-20/h6-8,11-12,23H,5,9-10,13H2,1-4H3. The predicted molar refractivity (Wildman–Crippen MR) is 103 cm³/mol. The molecule has 1 aliphatic carbocycles. The Labute approximate surface area is 154 Å². The molecular weight excluding hydrogens is 329 g/mol. The number of rotatable bonds is 3. The van der Waals surface area contributed by atoms with Crippen molar-refractivity contribution in [3.63, 3.8) is 0 Å². The molecule has 2 heterocycles. The second-order valence-electron chi connectivity index (χ2n) is 8.66. The van der Waals surface area contributed by atoms with Gasteiger partial charge in [-0.2, -0.15) is 0 Å². The lowest BCUT2D eigenvalue weighted by Crippen LogP contribution is -2.49. The van der Waals surface area contributed by atoms with Crippen LogP contribution in [0.3, 0.4) is 0 Å². The van der Waals surface area contributed by atoms with Crippen molar-refractivity contribution >= 4 is 23.4 Å². The van der Waals surface area contributed by atoms with Crippen molar-refractivity contribution in [1.82, 2.24) is 4.57 Å². The average Bonchev–Trinajstić information content (AvgIpc) is 2.77. The number of hydrogen-bond donors (Lipinski definition) is 1. The van der Waals surface area contributed by atoms with E-state index in [2.05, 4.69) is 0 Å². The van der Waals surface area contributed by atoms with Crippen LogP contribution in [0.5, 0.6) is 0 Å². The lowest BCUT2D eigenvalue weighted by Gasteiger charge is -2.42. The maximum atomic E-state index is 13.1. The van der Waals surface area contributed by atoms with Crippen molar-refractivity contribution in [3.05, 3.63) is 40.8 Å². The first kappa shape index (κ1) is 17.8. The molecule has 1 saturated carbocycles. The van der Waals surface area contributed by atoms with E-state index in [4.69, 9.17) is 9.31 Å². The van der Waals surface area contributed by atoms with E-state index in [0.717, 1.165) is 30.1 Å². The van der Waals surface area contributed by atoms with E-state index in [1.165, 1.54) is 0 Å². The lowest BCUT2D eigenvalue weighted by atomic mass is 9.76. The number of hydrogen-bond acceptors (Lipinski definition) is 4. The first-order chi connectivity index (χ1) is 12.2. The van der Waals surface area contributed by atoms with Gasteiger partial charge in [0.25, 0.3) is 5.56 Å². The largest absolute Gasteiger partial charge is 0.494 e. The number of aliphatic hydroxyl groups excluding tert-OH is 1. The molecule has 6 heteroatoms. The number of pyridine rings is 1. The summed E-state index contributed by atoms with van der Waals surface area (Å²) in [6, 6.07) is 7.72. The van der Waals surface area contributed by atoms with Crippen molar-refractivity contribution < 1.29 is 14.4 Å². The molecule has 1 saturated heterocycles. The van der Waals surface area contributed by atoms with Crippen molar-refractivity contribution in [2.75, 3.05) is 6.61 Å². The van der Waals surface area contributed by atoms with E-state index < -0.39 is 23.9 Å². The molecular formula is C20H26BNO4. The summed E-state index contributed by atoms with van der Waals surface area (Å²) in [4.78, 5) is 13.1. The fraction of sp³-hybridized carbons (Fsp3) is 0.550. The molecule has 1 N–H and O–H groups in total. The first-order valence-corrected chi connectivity index (χ1v) is 9.31. The fourth-order valence-electron chi connectivity index (χ4n) is 3.82. The molecule has 4 rings (SSSR count). The third kappa shape index (κ3) is 2.47. The van der Waals surface area contributed by atoms with Gasteiger partial charge in [-0.1, -0.05) is 12.1 Å². The van der Waals surface area contributed by atoms with Gasteiger partial charge in [-0.15, -0.1) is 0 Å². The molecule has 5 nitrogen and oxygen atoms in total. The molecule has 2 aliphatic rings. The molecule has 0 radical (unpaired) electrons. The van der Waals surface area contributed by atoms with Crippen LogP contribution in [-0.2, 0) is 14.8 Å². The molecule has 1 aliphatic heterocycles. The summed E-state index contributed by atoms with van der Waals surface area (Å²) >= 11 is 0. The normalized spacial score (nSPS) is 23.2. The second-order valence-corrected chi connectivity index (χ2v) is 8.66. The van der Waals surface area contributed by atoms with E-state index in [0.29, 0.717) is 5.39 Å². The quantitative estimate of drug-likeness (QED) is 0.858. The molecule has 0 bridgehead atoms. The van der Waals surface area contributed by atoms with Crippen LogP contribution in [0, 0.1) is 0 Å². The summed E-state index contributed by atoms with van der Waals surface area (Å²) < 4.78 is 14.0. The molecule has 2 fully saturated rings. The topological polar surface area (TPSA) is 60.7 Å². The average molecular weight is 355 g/mol. The third-order valence-corrected chi connectivity index (χ3v) is 6.54. The van der Waals surface area contributed by atoms with E-state index in [9.17, 15) is 9.90 Å². The van der Waals surface area contributed by atoms with Gasteiger partial charge in [-0.25, -0.2) is 0 Å². The number of aliphatic hydroxyl groups is 1. The number of benzene rings is 1. The summed E-state index contributed by atoms with van der Waals surface area (Å²) in [6.07, 6.45) is 4.53. The Bertz CT molecular complexity index is 892. The smallest absolute Gasteiger partial charge is 0.399 e. The minimum Gasteiger partial charge on any atom is -0.399 e. The Hall–Kier alpha value is -1.63. The van der Waals surface area contributed by atoms with Crippen LogP contribution in [0.1, 0.15) is 47.0 Å². The minimum atomic E-state index is -0.493. The summed E-state index contributed by atoms with van der Waals surface area (Å²) in [7, 11) is -0.493. The minimum absolute atomic E-state index is 0.00463. The van der Waals surface area contributed by atoms with E-state index >= 15 is 0 Å². The summed E-state index contributed by atoms with van der Waals surface area (Å²) in [5, 5.41) is 11.4. The number of fused-ring (bicyclic) bond motifs is 1. The van der Waals surface area contributed by atoms with E-state index in [1.54, 1.807) is 4.57 Å². The number of nitrogens with zero attached hydrogens (tertiary/aromatic N) is 1. The molecule has 1 aromatic heterocycles. The van der Waals surface area contributed by atoms with Crippen LogP contribution < -0.4 is 11.0 Å². The molecule has 2 aromatic rings. The highest BCUT2D eigenvalue weighted by Crippen LogP contribution is 2.38. The van der Waals surface area contributed by atoms with Gasteiger partial charge >= 0.3 is 7.12 Å². The van der Waals surface area contributed by atoms with E-state index in [-0.39, 0.29) is 12.2 Å². The maximum absolute atomic E-state index is 13.1. The van der Waals surface area contributed by atoms with Crippen molar-refractivity contribution in [1.29, 1.82) is 0 Å². The molecule has 26 heavy (non-hydrogen) atoms. The van der Waals surface area contributed by atoms with Gasteiger partial charge in [-0.3, -0.25) is 4.79 Å². The Balaban J connectivity index is 1.78. The zero-order valence-corrected chi connectivity index (χ0v) is 15.9. The Kier molecular flexibility index (Phi) is 3.89. The van der Waals surface area contributed by atoms with E-state index in [1.807, 2.05) is 58.2 Å². The van der Waals surface area contributed by atoms with Crippen LogP contribution in [0.2, 0.25) is 0 Å². The summed E-state index contributed by atoms with van der Waals surface area (Å²) in [5.41, 5.74) is -0.495. The van der Waals surface area contributed by atoms with Gasteiger partial charge in [0.05, 0.1) is 23.3 Å². The highest BCUT2D eigenvalue weighted by Gasteiger charge is 2.51. The van der Waals surface area contributed by atoms with Crippen LogP contribution in [-0.4, -0.2) is 34.6 Å². The van der Waals surface area contributed by atoms with Crippen molar-refractivity contribution in [3.8, 4) is 0 Å². The van der Waals surface area contributed by atoms with Gasteiger partial charge in [0.2, 0.25) is 0 Å². The predicted octanol–water partition coefficient (Wildman–Crippen LogP) is 2.17. The molecule has 0 amide bonds. The molecule has 0 atom stereocenters. The second kappa shape index (κ2) is 5.68. The van der Waals surface area contributed by atoms with Crippen LogP contribution in [0.15, 0.2) is 35.3 Å². The highest BCUT2D eigenvalue weighted by atomic mass is 16.7. The molecule has 138 valence electrons. The molecule has 0 unspecified atom stereocenters. The Morgan fingerprint density at radius 3 is 2.31 bits per heavy atom. The van der Waals surface area contributed by atoms with Crippen LogP contribution in [0.25, 0.3) is 10.8 Å². The zero-order chi connectivity index (χ0) is 18.7. The van der Waals surface area contributed by atoms with Gasteiger partial charge in [0.1, 0.15) is 0 Å². The van der Waals surface area contributed by atoms with Gasteiger partial charge in [-0.05, 0) is 69.9 Å². The third-order valence-electron chi connectivity index (χ3n) is 6.54.